The quantitative estimate of drug-likeness (QED) is 0.128. The second-order valence-corrected chi connectivity index (χ2v) is 39.5. The van der Waals surface area contributed by atoms with Crippen LogP contribution in [0.4, 0.5) is 0 Å². The van der Waals surface area contributed by atoms with Crippen molar-refractivity contribution in [3.05, 3.63) is 465 Å². The van der Waals surface area contributed by atoms with E-state index in [2.05, 4.69) is 526 Å². The van der Waals surface area contributed by atoms with Crippen LogP contribution in [0.1, 0.15) is 84.6 Å². The van der Waals surface area contributed by atoms with Crippen LogP contribution in [-0.4, -0.2) is 13.7 Å². The maximum Gasteiger partial charge on any atom is 0.0541 e. The Bertz CT molecular complexity index is 8830. The molecule has 3 nitrogen and oxygen atoms in total. The van der Waals surface area contributed by atoms with Gasteiger partial charge < -0.3 is 13.7 Å². The molecule has 0 aliphatic rings. The van der Waals surface area contributed by atoms with E-state index in [1.807, 2.05) is 0 Å². The van der Waals surface area contributed by atoms with Crippen molar-refractivity contribution in [1.82, 2.24) is 13.7 Å². The highest BCUT2D eigenvalue weighted by molar-refractivity contribution is 6.26. The van der Waals surface area contributed by atoms with Crippen LogP contribution in [0.5, 0.6) is 0 Å². The molecular formula is C131H103N3. The highest BCUT2D eigenvalue weighted by atomic mass is 15.0. The summed E-state index contributed by atoms with van der Waals surface area (Å²) < 4.78 is 7.25. The molecule has 3 heterocycles. The van der Waals surface area contributed by atoms with Gasteiger partial charge in [-0.15, -0.1) is 0 Å². The van der Waals surface area contributed by atoms with Gasteiger partial charge in [0.05, 0.1) is 33.1 Å². The van der Waals surface area contributed by atoms with Crippen LogP contribution in [0.25, 0.3) is 225 Å². The summed E-state index contributed by atoms with van der Waals surface area (Å²) in [5.41, 5.74) is 31.5. The van der Waals surface area contributed by atoms with Crippen molar-refractivity contribution in [3.8, 4) is 83.8 Å². The standard InChI is InChI=1S/C46H35N.C43H35N.C42H33N/c1-46(2,3)34-25-26-40-41(29-34)45(39-20-7-6-19-38(39)44(40)33-24-23-30-13-4-5-14-31(30)27-33)32-15-12-16-35(28-32)47-42-21-10-8-17-36(42)37-18-9-11-22-43(37)47;1-28-20-22-29(23-21-28)41-35-16-5-6-17-36(35)42(38-27-31(43(2,3)4)24-25-37(38)41)30-12-11-13-32(26-30)44-39-18-9-7-14-33(39)34-15-8-10-19-40(34)44;1-42(2,3)30-24-25-36-37(27-30)41(35-21-8-7-20-34(35)40(36)28-14-5-4-6-15-28)29-16-13-17-31(26-29)43-38-22-11-9-18-32(38)33-19-10-12-23-39(33)43/h4-29H,1-3H3;5-27H,1-4H3;4-27H,1-3H3. The molecule has 0 bridgehead atoms. The Morgan fingerprint density at radius 1 is 0.149 bits per heavy atom. The fourth-order valence-electron chi connectivity index (χ4n) is 21.5. The fourth-order valence-corrected chi connectivity index (χ4v) is 21.5. The lowest BCUT2D eigenvalue weighted by Crippen LogP contribution is -2.10. The first kappa shape index (κ1) is 82.5. The molecular weight excluding hydrogens is 1620 g/mol. The summed E-state index contributed by atoms with van der Waals surface area (Å²) >= 11 is 0. The zero-order chi connectivity index (χ0) is 90.8. The van der Waals surface area contributed by atoms with E-state index < -0.39 is 0 Å². The summed E-state index contributed by atoms with van der Waals surface area (Å²) in [6.07, 6.45) is 0. The lowest BCUT2D eigenvalue weighted by molar-refractivity contribution is 0.591. The normalized spacial score (nSPS) is 12.1. The highest BCUT2D eigenvalue weighted by Crippen LogP contribution is 2.51. The summed E-state index contributed by atoms with van der Waals surface area (Å²) in [6, 6.07) is 164. The molecule has 0 atom stereocenters. The van der Waals surface area contributed by atoms with Crippen LogP contribution in [0.3, 0.4) is 0 Å². The van der Waals surface area contributed by atoms with E-state index in [4.69, 9.17) is 0 Å². The molecule has 3 heteroatoms. The van der Waals surface area contributed by atoms with Crippen molar-refractivity contribution in [2.45, 2.75) is 85.5 Å². The predicted molar refractivity (Wildman–Crippen MR) is 578 cm³/mol. The van der Waals surface area contributed by atoms with Crippen molar-refractivity contribution in [1.29, 1.82) is 0 Å². The zero-order valence-electron chi connectivity index (χ0n) is 77.5. The summed E-state index contributed by atoms with van der Waals surface area (Å²) in [7, 11) is 0. The van der Waals surface area contributed by atoms with Gasteiger partial charge in [-0.3, -0.25) is 0 Å². The molecule has 0 unspecified atom stereocenters. The molecule has 0 saturated carbocycles. The van der Waals surface area contributed by atoms with Gasteiger partial charge in [-0.1, -0.05) is 414 Å². The second kappa shape index (κ2) is 32.9. The van der Waals surface area contributed by atoms with Crippen LogP contribution < -0.4 is 0 Å². The predicted octanol–water partition coefficient (Wildman–Crippen LogP) is 36.6. The Morgan fingerprint density at radius 3 is 0.679 bits per heavy atom. The zero-order valence-corrected chi connectivity index (χ0v) is 77.5. The Morgan fingerprint density at radius 2 is 0.373 bits per heavy atom. The molecule has 3 aromatic heterocycles. The van der Waals surface area contributed by atoms with Crippen LogP contribution in [0.15, 0.2) is 443 Å². The Balaban J connectivity index is 0.000000114. The molecule has 134 heavy (non-hydrogen) atoms. The van der Waals surface area contributed by atoms with Gasteiger partial charge >= 0.3 is 0 Å². The second-order valence-electron chi connectivity index (χ2n) is 39.5. The number of aryl methyl sites for hydroxylation is 1. The maximum absolute atomic E-state index is 2.45. The summed E-state index contributed by atoms with van der Waals surface area (Å²) in [6.45, 7) is 22.9. The van der Waals surface area contributed by atoms with Crippen molar-refractivity contribution in [2.75, 3.05) is 0 Å². The van der Waals surface area contributed by atoms with Gasteiger partial charge in [0.2, 0.25) is 0 Å². The SMILES string of the molecule is CC(C)(C)c1ccc2c(-c3ccc4ccccc4c3)c3ccccc3c(-c3cccc(-n4c5ccccc5c5ccccc54)c3)c2c1.CC(C)(C)c1ccc2c(-c3ccccc3)c3ccccc3c(-c3cccc(-n4c5ccccc5c5ccccc54)c3)c2c1.Cc1ccc(-c2c3ccccc3c(-c3cccc(-n4c5ccccc5c5ccccc54)c3)c3cc(C(C)(C)C)ccc23)cc1. The third-order valence-electron chi connectivity index (χ3n) is 28.0. The molecule has 0 N–H and O–H groups in total. The minimum Gasteiger partial charge on any atom is -0.309 e. The first-order chi connectivity index (χ1) is 65.3. The maximum atomic E-state index is 2.45. The number of nitrogens with zero attached hydrogens (tertiary/aromatic N) is 3. The Labute approximate surface area is 783 Å². The van der Waals surface area contributed by atoms with Crippen LogP contribution in [0, 0.1) is 6.92 Å². The average Bonchev–Trinajstić information content (AvgIpc) is 1.03. The molecule has 0 aliphatic heterocycles. The minimum absolute atomic E-state index is 0.0189. The van der Waals surface area contributed by atoms with Crippen LogP contribution >= 0.6 is 0 Å². The van der Waals surface area contributed by atoms with E-state index in [9.17, 15) is 0 Å². The van der Waals surface area contributed by atoms with E-state index in [0.717, 1.165) is 0 Å². The summed E-state index contributed by atoms with van der Waals surface area (Å²) in [5.74, 6) is 0. The lowest BCUT2D eigenvalue weighted by Gasteiger charge is -2.23. The first-order valence-corrected chi connectivity index (χ1v) is 47.2. The van der Waals surface area contributed by atoms with E-state index in [1.54, 1.807) is 0 Å². The molecule has 25 aromatic rings. The molecule has 0 saturated heterocycles. The van der Waals surface area contributed by atoms with Crippen molar-refractivity contribution in [3.63, 3.8) is 0 Å². The van der Waals surface area contributed by atoms with Crippen molar-refractivity contribution < 1.29 is 0 Å². The summed E-state index contributed by atoms with van der Waals surface area (Å²) in [4.78, 5) is 0. The summed E-state index contributed by atoms with van der Waals surface area (Å²) in [5, 5.41) is 25.6. The van der Waals surface area contributed by atoms with Crippen molar-refractivity contribution in [2.24, 2.45) is 0 Å². The van der Waals surface area contributed by atoms with Gasteiger partial charge in [-0.2, -0.15) is 0 Å². The van der Waals surface area contributed by atoms with E-state index in [0.29, 0.717) is 0 Å². The number of aromatic nitrogens is 3. The molecule has 22 aromatic carbocycles. The third-order valence-corrected chi connectivity index (χ3v) is 28.0. The minimum atomic E-state index is 0.0189. The largest absolute Gasteiger partial charge is 0.309 e. The third kappa shape index (κ3) is 14.3. The number of rotatable bonds is 9. The van der Waals surface area contributed by atoms with Gasteiger partial charge in [0.25, 0.3) is 0 Å². The van der Waals surface area contributed by atoms with E-state index in [1.165, 1.54) is 247 Å². The Kier molecular flexibility index (Phi) is 20.2. The first-order valence-electron chi connectivity index (χ1n) is 47.2. The Hall–Kier alpha value is -15.9. The smallest absolute Gasteiger partial charge is 0.0541 e. The molecule has 0 aliphatic carbocycles. The molecule has 25 rings (SSSR count). The fraction of sp³-hybridized carbons (Fsp3) is 0.0992. The topological polar surface area (TPSA) is 14.8 Å². The molecule has 0 spiro atoms. The number of hydrogen-bond donors (Lipinski definition) is 0. The monoisotopic (exact) mass is 1720 g/mol. The van der Waals surface area contributed by atoms with Crippen LogP contribution in [-0.2, 0) is 16.2 Å². The molecule has 0 radical (unpaired) electrons. The molecule has 0 fully saturated rings. The van der Waals surface area contributed by atoms with Gasteiger partial charge in [0.1, 0.15) is 0 Å². The lowest BCUT2D eigenvalue weighted by atomic mass is 9.81. The van der Waals surface area contributed by atoms with Gasteiger partial charge in [-0.05, 0) is 279 Å². The highest BCUT2D eigenvalue weighted by Gasteiger charge is 2.28. The van der Waals surface area contributed by atoms with Gasteiger partial charge in [0, 0.05) is 49.4 Å². The number of hydrogen-bond acceptors (Lipinski definition) is 0. The van der Waals surface area contributed by atoms with Crippen LogP contribution in [0.2, 0.25) is 0 Å². The van der Waals surface area contributed by atoms with Gasteiger partial charge in [0.15, 0.2) is 0 Å². The van der Waals surface area contributed by atoms with E-state index >= 15 is 0 Å². The van der Waals surface area contributed by atoms with Crippen molar-refractivity contribution >= 4 is 141 Å². The number of fused-ring (bicyclic) bond motifs is 16. The number of para-hydroxylation sites is 6. The van der Waals surface area contributed by atoms with E-state index in [-0.39, 0.29) is 16.2 Å². The number of benzene rings is 22. The van der Waals surface area contributed by atoms with Gasteiger partial charge in [-0.25, -0.2) is 0 Å². The average molecular weight is 1720 g/mol. The molecule has 642 valence electrons. The molecule has 0 amide bonds.